The molecule has 0 aliphatic carbocycles. The summed E-state index contributed by atoms with van der Waals surface area (Å²) in [7, 11) is 0. The predicted octanol–water partition coefficient (Wildman–Crippen LogP) is 6.82. The summed E-state index contributed by atoms with van der Waals surface area (Å²) in [6.45, 7) is 11.3. The Kier molecular flexibility index (Phi) is 7.85. The lowest BCUT2D eigenvalue weighted by Crippen LogP contribution is -2.42. The molecule has 4 rings (SSSR count). The maximum Gasteiger partial charge on any atom is 0.290 e. The van der Waals surface area contributed by atoms with E-state index in [9.17, 15) is 9.59 Å². The van der Waals surface area contributed by atoms with Crippen LogP contribution in [0.1, 0.15) is 48.1 Å². The first-order valence-electron chi connectivity index (χ1n) is 11.8. The number of carbonyl (C=O) groups is 2. The average molecular weight is 573 g/mol. The van der Waals surface area contributed by atoms with Gasteiger partial charge in [-0.3, -0.25) is 14.9 Å². The number of carbonyl (C=O) groups excluding carboxylic acids is 2. The first-order chi connectivity index (χ1) is 17.1. The molecule has 0 radical (unpaired) electrons. The van der Waals surface area contributed by atoms with Gasteiger partial charge in [0.1, 0.15) is 36.1 Å². The number of amides is 2. The van der Waals surface area contributed by atoms with E-state index in [1.807, 2.05) is 37.3 Å². The number of thioether (sulfide) groups is 1. The van der Waals surface area contributed by atoms with Crippen LogP contribution in [0.4, 0.5) is 4.79 Å². The number of hydrogen-bond donors (Lipinski definition) is 1. The highest BCUT2D eigenvalue weighted by Gasteiger charge is 2.36. The highest BCUT2D eigenvalue weighted by Crippen LogP contribution is 2.44. The normalized spacial score (nSPS) is 20.4. The second-order valence-electron chi connectivity index (χ2n) is 9.27. The molecular formula is C28H30BrNO5S. The van der Waals surface area contributed by atoms with Gasteiger partial charge < -0.3 is 14.2 Å². The molecule has 0 aromatic heterocycles. The summed E-state index contributed by atoms with van der Waals surface area (Å²) in [5, 5.41) is 1.91. The quantitative estimate of drug-likeness (QED) is 0.290. The Hall–Kier alpha value is -2.71. The molecule has 2 aliphatic heterocycles. The third kappa shape index (κ3) is 5.49. The van der Waals surface area contributed by atoms with E-state index in [2.05, 4.69) is 48.9 Å². The van der Waals surface area contributed by atoms with Crippen LogP contribution in [0.5, 0.6) is 17.2 Å². The molecule has 36 heavy (non-hydrogen) atoms. The fraction of sp³-hybridized carbons (Fsp3) is 0.357. The smallest absolute Gasteiger partial charge is 0.290 e. The molecule has 2 heterocycles. The van der Waals surface area contributed by atoms with Gasteiger partial charge in [-0.05, 0) is 116 Å². The molecule has 1 unspecified atom stereocenters. The van der Waals surface area contributed by atoms with Gasteiger partial charge in [0, 0.05) is 5.56 Å². The third-order valence-electron chi connectivity index (χ3n) is 6.55. The van der Waals surface area contributed by atoms with Gasteiger partial charge in [0.2, 0.25) is 0 Å². The summed E-state index contributed by atoms with van der Waals surface area (Å²) in [5.41, 5.74) is 4.86. The van der Waals surface area contributed by atoms with Gasteiger partial charge in [0.25, 0.3) is 11.1 Å². The van der Waals surface area contributed by atoms with Crippen LogP contribution in [-0.2, 0) is 11.2 Å². The van der Waals surface area contributed by atoms with E-state index >= 15 is 0 Å². The largest absolute Gasteiger partial charge is 0.489 e. The highest BCUT2D eigenvalue weighted by molar-refractivity contribution is 9.10. The van der Waals surface area contributed by atoms with E-state index in [0.717, 1.165) is 62.8 Å². The maximum atomic E-state index is 11.8. The molecule has 1 saturated heterocycles. The second-order valence-corrected chi connectivity index (χ2v) is 11.1. The van der Waals surface area contributed by atoms with Gasteiger partial charge in [-0.25, -0.2) is 0 Å². The van der Waals surface area contributed by atoms with Gasteiger partial charge in [-0.15, -0.1) is 0 Å². The van der Waals surface area contributed by atoms with Crippen LogP contribution >= 0.6 is 27.7 Å². The lowest BCUT2D eigenvalue weighted by Gasteiger charge is -2.38. The number of halogens is 1. The van der Waals surface area contributed by atoms with Crippen molar-refractivity contribution in [2.75, 3.05) is 13.2 Å². The summed E-state index contributed by atoms with van der Waals surface area (Å²) in [5.74, 6) is 2.19. The lowest BCUT2D eigenvalue weighted by atomic mass is 9.87. The number of rotatable bonds is 7. The van der Waals surface area contributed by atoms with Crippen molar-refractivity contribution >= 4 is 44.9 Å². The second kappa shape index (κ2) is 10.7. The van der Waals surface area contributed by atoms with Gasteiger partial charge >= 0.3 is 0 Å². The van der Waals surface area contributed by atoms with Crippen LogP contribution in [-0.4, -0.2) is 30.0 Å². The molecule has 2 aromatic rings. The SMILES string of the molecule is C/C=C/COc1c(C)c(C)c2c(c1C)CCC(C)(COc1ccc(/C=C3/SC(=O)NC3=O)cc1Br)O2. The summed E-state index contributed by atoms with van der Waals surface area (Å²) in [6.07, 6.45) is 7.38. The molecule has 2 aliphatic rings. The number of allylic oxidation sites excluding steroid dienone is 1. The summed E-state index contributed by atoms with van der Waals surface area (Å²) >= 11 is 4.47. The Bertz CT molecular complexity index is 1290. The zero-order valence-corrected chi connectivity index (χ0v) is 23.5. The molecule has 190 valence electrons. The first-order valence-corrected chi connectivity index (χ1v) is 13.5. The minimum Gasteiger partial charge on any atom is -0.489 e. The van der Waals surface area contributed by atoms with Crippen molar-refractivity contribution in [2.45, 2.75) is 53.1 Å². The van der Waals surface area contributed by atoms with Crippen molar-refractivity contribution in [3.05, 3.63) is 67.5 Å². The first kappa shape index (κ1) is 26.4. The zero-order chi connectivity index (χ0) is 26.0. The van der Waals surface area contributed by atoms with E-state index in [-0.39, 0.29) is 11.1 Å². The monoisotopic (exact) mass is 571 g/mol. The molecule has 1 atom stereocenters. The maximum absolute atomic E-state index is 11.8. The van der Waals surface area contributed by atoms with E-state index < -0.39 is 5.60 Å². The summed E-state index contributed by atoms with van der Waals surface area (Å²) in [4.78, 5) is 23.6. The molecule has 6 nitrogen and oxygen atoms in total. The van der Waals surface area contributed by atoms with Crippen molar-refractivity contribution in [3.63, 3.8) is 0 Å². The van der Waals surface area contributed by atoms with Crippen molar-refractivity contribution < 1.29 is 23.8 Å². The Labute approximate surface area is 224 Å². The van der Waals surface area contributed by atoms with E-state index in [1.165, 1.54) is 5.56 Å². The number of ether oxygens (including phenoxy) is 3. The highest BCUT2D eigenvalue weighted by atomic mass is 79.9. The van der Waals surface area contributed by atoms with E-state index in [4.69, 9.17) is 14.2 Å². The molecule has 0 bridgehead atoms. The Morgan fingerprint density at radius 2 is 1.94 bits per heavy atom. The van der Waals surface area contributed by atoms with Crippen LogP contribution < -0.4 is 19.5 Å². The minimum absolute atomic E-state index is 0.356. The standard InChI is InChI=1S/C28H30BrNO5S/c1-6-7-12-33-24-16(2)17(3)25-20(18(24)4)10-11-28(5,35-25)15-34-22-9-8-19(13-21(22)29)14-23-26(31)30-27(32)36-23/h6-9,13-14H,10-12,15H2,1-5H3,(H,30,31,32)/b7-6+,23-14+. The summed E-state index contributed by atoms with van der Waals surface area (Å²) in [6, 6.07) is 5.57. The Morgan fingerprint density at radius 3 is 2.61 bits per heavy atom. The van der Waals surface area contributed by atoms with Gasteiger partial charge in [-0.1, -0.05) is 18.2 Å². The van der Waals surface area contributed by atoms with Crippen LogP contribution in [0, 0.1) is 20.8 Å². The molecule has 1 fully saturated rings. The Morgan fingerprint density at radius 1 is 1.17 bits per heavy atom. The fourth-order valence-electron chi connectivity index (χ4n) is 4.35. The van der Waals surface area contributed by atoms with Gasteiger partial charge in [0.05, 0.1) is 9.38 Å². The van der Waals surface area contributed by atoms with Crippen molar-refractivity contribution in [1.82, 2.24) is 5.32 Å². The number of fused-ring (bicyclic) bond motifs is 1. The van der Waals surface area contributed by atoms with Crippen LogP contribution in [0.25, 0.3) is 6.08 Å². The van der Waals surface area contributed by atoms with Crippen LogP contribution in [0.2, 0.25) is 0 Å². The fourth-order valence-corrected chi connectivity index (χ4v) is 5.55. The topological polar surface area (TPSA) is 73.9 Å². The number of imide groups is 1. The molecule has 1 N–H and O–H groups in total. The van der Waals surface area contributed by atoms with Gasteiger partial charge in [0.15, 0.2) is 0 Å². The summed E-state index contributed by atoms with van der Waals surface area (Å²) < 4.78 is 19.6. The lowest BCUT2D eigenvalue weighted by molar-refractivity contribution is -0.115. The van der Waals surface area contributed by atoms with Crippen molar-refractivity contribution in [3.8, 4) is 17.2 Å². The molecular weight excluding hydrogens is 542 g/mol. The van der Waals surface area contributed by atoms with Crippen LogP contribution in [0.15, 0.2) is 39.7 Å². The molecule has 8 heteroatoms. The van der Waals surface area contributed by atoms with E-state index in [1.54, 1.807) is 6.08 Å². The molecule has 0 saturated carbocycles. The zero-order valence-electron chi connectivity index (χ0n) is 21.1. The van der Waals surface area contributed by atoms with Crippen LogP contribution in [0.3, 0.4) is 0 Å². The predicted molar refractivity (Wildman–Crippen MR) is 147 cm³/mol. The molecule has 2 aromatic carbocycles. The number of hydrogen-bond acceptors (Lipinski definition) is 6. The minimum atomic E-state index is -0.483. The number of benzene rings is 2. The molecule has 2 amide bonds. The number of nitrogens with one attached hydrogen (secondary N) is 1. The van der Waals surface area contributed by atoms with Gasteiger partial charge in [-0.2, -0.15) is 0 Å². The van der Waals surface area contributed by atoms with Crippen molar-refractivity contribution in [2.24, 2.45) is 0 Å². The Balaban J connectivity index is 1.48. The van der Waals surface area contributed by atoms with Crippen molar-refractivity contribution in [1.29, 1.82) is 0 Å². The third-order valence-corrected chi connectivity index (χ3v) is 7.98. The molecule has 0 spiro atoms. The average Bonchev–Trinajstić information content (AvgIpc) is 3.15. The van der Waals surface area contributed by atoms with E-state index in [0.29, 0.717) is 23.9 Å².